The Hall–Kier alpha value is -1.95. The predicted octanol–water partition coefficient (Wildman–Crippen LogP) is 2.82. The van der Waals surface area contributed by atoms with Crippen molar-refractivity contribution in [3.63, 3.8) is 0 Å². The summed E-state index contributed by atoms with van der Waals surface area (Å²) in [7, 11) is 0. The molecule has 2 rings (SSSR count). The van der Waals surface area contributed by atoms with E-state index in [9.17, 15) is 14.0 Å². The summed E-state index contributed by atoms with van der Waals surface area (Å²) in [6.45, 7) is 3.69. The quantitative estimate of drug-likeness (QED) is 0.892. The normalized spacial score (nSPS) is 10.5. The van der Waals surface area contributed by atoms with Crippen molar-refractivity contribution in [2.24, 2.45) is 0 Å². The van der Waals surface area contributed by atoms with Gasteiger partial charge in [0.25, 0.3) is 11.5 Å². The zero-order chi connectivity index (χ0) is 15.6. The first-order chi connectivity index (χ1) is 9.86. The number of pyridine rings is 1. The van der Waals surface area contributed by atoms with Gasteiger partial charge in [0.15, 0.2) is 0 Å². The van der Waals surface area contributed by atoms with E-state index in [1.54, 1.807) is 6.92 Å². The van der Waals surface area contributed by atoms with Gasteiger partial charge in [-0.2, -0.15) is 0 Å². The number of aromatic amines is 1. The van der Waals surface area contributed by atoms with Crippen LogP contribution in [0.5, 0.6) is 0 Å². The molecule has 0 aliphatic rings. The average Bonchev–Trinajstić information content (AvgIpc) is 2.35. The summed E-state index contributed by atoms with van der Waals surface area (Å²) in [4.78, 5) is 26.5. The van der Waals surface area contributed by atoms with Crippen molar-refractivity contribution in [1.82, 2.24) is 10.3 Å². The van der Waals surface area contributed by atoms with Gasteiger partial charge in [0, 0.05) is 27.8 Å². The van der Waals surface area contributed by atoms with E-state index < -0.39 is 11.7 Å². The van der Waals surface area contributed by atoms with Crippen LogP contribution in [0.15, 0.2) is 33.5 Å². The molecular weight excluding hydrogens is 339 g/mol. The highest BCUT2D eigenvalue weighted by atomic mass is 79.9. The van der Waals surface area contributed by atoms with E-state index >= 15 is 0 Å². The number of aromatic nitrogens is 1. The van der Waals surface area contributed by atoms with Crippen LogP contribution in [-0.4, -0.2) is 10.9 Å². The second-order valence-electron chi connectivity index (χ2n) is 4.78. The molecule has 4 nitrogen and oxygen atoms in total. The number of halogens is 2. The van der Waals surface area contributed by atoms with Crippen LogP contribution in [0.3, 0.4) is 0 Å². The number of carbonyl (C=O) groups is 1. The van der Waals surface area contributed by atoms with Gasteiger partial charge in [0.05, 0.1) is 0 Å². The van der Waals surface area contributed by atoms with E-state index in [4.69, 9.17) is 0 Å². The lowest BCUT2D eigenvalue weighted by molar-refractivity contribution is 0.0950. The van der Waals surface area contributed by atoms with Gasteiger partial charge in [-0.05, 0) is 43.7 Å². The number of H-pyrrole nitrogens is 1. The lowest BCUT2D eigenvalue weighted by atomic mass is 10.1. The van der Waals surface area contributed by atoms with E-state index in [0.29, 0.717) is 10.0 Å². The van der Waals surface area contributed by atoms with Crippen LogP contribution in [0, 0.1) is 19.7 Å². The molecule has 0 radical (unpaired) electrons. The highest BCUT2D eigenvalue weighted by Gasteiger charge is 2.11. The number of aryl methyl sites for hydroxylation is 2. The first kappa shape index (κ1) is 15.4. The smallest absolute Gasteiger partial charge is 0.253 e. The number of hydrogen-bond donors (Lipinski definition) is 2. The Morgan fingerprint density at radius 2 is 2.00 bits per heavy atom. The Bertz CT molecular complexity index is 736. The molecule has 0 aliphatic carbocycles. The van der Waals surface area contributed by atoms with E-state index in [0.717, 1.165) is 17.3 Å². The Morgan fingerprint density at radius 3 is 2.62 bits per heavy atom. The number of benzene rings is 1. The molecule has 0 unspecified atom stereocenters. The second kappa shape index (κ2) is 6.22. The molecule has 0 saturated heterocycles. The first-order valence-corrected chi connectivity index (χ1v) is 7.10. The van der Waals surface area contributed by atoms with Crippen molar-refractivity contribution in [3.8, 4) is 0 Å². The standard InChI is InChI=1S/C15H14BrFN2O2/c1-8-3-9(2)19-15(21)13(8)7-18-14(20)10-4-11(16)6-12(17)5-10/h3-6H,7H2,1-2H3,(H,18,20)(H,19,21). The fourth-order valence-electron chi connectivity index (χ4n) is 2.06. The molecule has 0 saturated carbocycles. The summed E-state index contributed by atoms with van der Waals surface area (Å²) in [6.07, 6.45) is 0. The number of rotatable bonds is 3. The summed E-state index contributed by atoms with van der Waals surface area (Å²) in [6, 6.07) is 5.77. The minimum absolute atomic E-state index is 0.0917. The Labute approximate surface area is 129 Å². The number of nitrogens with one attached hydrogen (secondary N) is 2. The van der Waals surface area contributed by atoms with Crippen molar-refractivity contribution < 1.29 is 9.18 Å². The minimum Gasteiger partial charge on any atom is -0.348 e. The van der Waals surface area contributed by atoms with Crippen LogP contribution in [0.4, 0.5) is 4.39 Å². The molecule has 0 aliphatic heterocycles. The third-order valence-corrected chi connectivity index (χ3v) is 3.50. The monoisotopic (exact) mass is 352 g/mol. The zero-order valence-electron chi connectivity index (χ0n) is 11.6. The van der Waals surface area contributed by atoms with Gasteiger partial charge in [-0.25, -0.2) is 4.39 Å². The second-order valence-corrected chi connectivity index (χ2v) is 5.70. The van der Waals surface area contributed by atoms with Gasteiger partial charge in [-0.15, -0.1) is 0 Å². The van der Waals surface area contributed by atoms with Gasteiger partial charge in [0.1, 0.15) is 5.82 Å². The lowest BCUT2D eigenvalue weighted by Crippen LogP contribution is -2.28. The Balaban J connectivity index is 2.17. The number of amides is 1. The largest absolute Gasteiger partial charge is 0.348 e. The molecule has 110 valence electrons. The van der Waals surface area contributed by atoms with E-state index in [2.05, 4.69) is 26.2 Å². The van der Waals surface area contributed by atoms with Gasteiger partial charge in [-0.1, -0.05) is 15.9 Å². The van der Waals surface area contributed by atoms with Crippen molar-refractivity contribution >= 4 is 21.8 Å². The Morgan fingerprint density at radius 1 is 1.29 bits per heavy atom. The molecule has 2 N–H and O–H groups in total. The molecule has 1 aromatic carbocycles. The molecule has 0 fully saturated rings. The molecule has 0 bridgehead atoms. The fourth-order valence-corrected chi connectivity index (χ4v) is 2.52. The van der Waals surface area contributed by atoms with Crippen molar-refractivity contribution in [2.75, 3.05) is 0 Å². The molecule has 21 heavy (non-hydrogen) atoms. The topological polar surface area (TPSA) is 62.0 Å². The highest BCUT2D eigenvalue weighted by molar-refractivity contribution is 9.10. The SMILES string of the molecule is Cc1cc(C)c(CNC(=O)c2cc(F)cc(Br)c2)c(=O)[nH]1. The maximum absolute atomic E-state index is 13.3. The molecule has 1 aromatic heterocycles. The van der Waals surface area contributed by atoms with Crippen LogP contribution in [-0.2, 0) is 6.54 Å². The summed E-state index contributed by atoms with van der Waals surface area (Å²) < 4.78 is 13.7. The van der Waals surface area contributed by atoms with E-state index in [1.807, 2.05) is 13.0 Å². The summed E-state index contributed by atoms with van der Waals surface area (Å²) in [5, 5.41) is 2.62. The number of carbonyl (C=O) groups excluding carboxylic acids is 1. The van der Waals surface area contributed by atoms with E-state index in [1.165, 1.54) is 12.1 Å². The molecule has 1 amide bonds. The average molecular weight is 353 g/mol. The third-order valence-electron chi connectivity index (χ3n) is 3.04. The van der Waals surface area contributed by atoms with Crippen LogP contribution in [0.1, 0.15) is 27.2 Å². The van der Waals surface area contributed by atoms with Gasteiger partial charge < -0.3 is 10.3 Å². The fraction of sp³-hybridized carbons (Fsp3) is 0.200. The summed E-state index contributed by atoms with van der Waals surface area (Å²) in [5.41, 5.74) is 2.03. The van der Waals surface area contributed by atoms with Gasteiger partial charge in [0.2, 0.25) is 0 Å². The van der Waals surface area contributed by atoms with Crippen molar-refractivity contribution in [1.29, 1.82) is 0 Å². The summed E-state index contributed by atoms with van der Waals surface area (Å²) >= 11 is 3.13. The van der Waals surface area contributed by atoms with Crippen molar-refractivity contribution in [2.45, 2.75) is 20.4 Å². The molecule has 1 heterocycles. The summed E-state index contributed by atoms with van der Waals surface area (Å²) in [5.74, 6) is -0.937. The van der Waals surface area contributed by atoms with E-state index in [-0.39, 0.29) is 17.7 Å². The number of hydrogen-bond acceptors (Lipinski definition) is 2. The molecule has 2 aromatic rings. The maximum Gasteiger partial charge on any atom is 0.253 e. The minimum atomic E-state index is -0.501. The molecule has 6 heteroatoms. The van der Waals surface area contributed by atoms with Gasteiger partial charge in [-0.3, -0.25) is 9.59 Å². The Kier molecular flexibility index (Phi) is 4.57. The van der Waals surface area contributed by atoms with Gasteiger partial charge >= 0.3 is 0 Å². The van der Waals surface area contributed by atoms with Crippen LogP contribution >= 0.6 is 15.9 Å². The van der Waals surface area contributed by atoms with Crippen molar-refractivity contribution in [3.05, 3.63) is 67.3 Å². The zero-order valence-corrected chi connectivity index (χ0v) is 13.2. The molecule has 0 atom stereocenters. The van der Waals surface area contributed by atoms with Crippen LogP contribution in [0.25, 0.3) is 0 Å². The third kappa shape index (κ3) is 3.78. The highest BCUT2D eigenvalue weighted by Crippen LogP contribution is 2.15. The molecular formula is C15H14BrFN2O2. The molecule has 0 spiro atoms. The van der Waals surface area contributed by atoms with Crippen LogP contribution in [0.2, 0.25) is 0 Å². The van der Waals surface area contributed by atoms with Crippen LogP contribution < -0.4 is 10.9 Å². The first-order valence-electron chi connectivity index (χ1n) is 6.30. The lowest BCUT2D eigenvalue weighted by Gasteiger charge is -2.08. The maximum atomic E-state index is 13.3. The predicted molar refractivity (Wildman–Crippen MR) is 81.8 cm³/mol.